The number of aryl methyl sites for hydroxylation is 1. The molecule has 0 bridgehead atoms. The Morgan fingerprint density at radius 3 is 2.17 bits per heavy atom. The summed E-state index contributed by atoms with van der Waals surface area (Å²) < 4.78 is 6.08. The summed E-state index contributed by atoms with van der Waals surface area (Å²) in [5.74, 6) is 1.25. The molecule has 4 heteroatoms. The SMILES string of the molecule is COc1cc([Si](C)(C)C)c(O)c2c1C(c1ccccc1)N(Cc1ccccc1)c1ccc(C)cc1-2. The quantitative estimate of drug-likeness (QED) is 0.312. The maximum absolute atomic E-state index is 11.8. The molecule has 1 heterocycles. The molecule has 0 fully saturated rings. The number of nitrogens with zero attached hydrogens (tertiary/aromatic N) is 1. The molecule has 4 aromatic carbocycles. The molecule has 3 nitrogen and oxygen atoms in total. The first-order chi connectivity index (χ1) is 16.8. The van der Waals surface area contributed by atoms with Gasteiger partial charge in [0.2, 0.25) is 0 Å². The van der Waals surface area contributed by atoms with E-state index in [1.807, 2.05) is 0 Å². The Morgan fingerprint density at radius 1 is 0.886 bits per heavy atom. The highest BCUT2D eigenvalue weighted by atomic mass is 28.3. The summed E-state index contributed by atoms with van der Waals surface area (Å²) in [4.78, 5) is 2.46. The van der Waals surface area contributed by atoms with Gasteiger partial charge < -0.3 is 14.7 Å². The first kappa shape index (κ1) is 23.2. The van der Waals surface area contributed by atoms with Gasteiger partial charge in [0.1, 0.15) is 11.5 Å². The fourth-order valence-electron chi connectivity index (χ4n) is 5.28. The second-order valence-electron chi connectivity index (χ2n) is 10.5. The molecular formula is C31H33NO2Si. The van der Waals surface area contributed by atoms with Crippen LogP contribution in [0.2, 0.25) is 19.6 Å². The van der Waals surface area contributed by atoms with Crippen LogP contribution < -0.4 is 14.8 Å². The Morgan fingerprint density at radius 2 is 1.54 bits per heavy atom. The lowest BCUT2D eigenvalue weighted by molar-refractivity contribution is 0.404. The van der Waals surface area contributed by atoms with Crippen molar-refractivity contribution in [1.82, 2.24) is 0 Å². The predicted octanol–water partition coefficient (Wildman–Crippen LogP) is 7.03. The van der Waals surface area contributed by atoms with E-state index in [0.29, 0.717) is 5.75 Å². The molecule has 0 saturated heterocycles. The molecule has 0 radical (unpaired) electrons. The molecule has 0 saturated carbocycles. The number of phenolic OH excluding ortho intramolecular Hbond substituents is 1. The lowest BCUT2D eigenvalue weighted by atomic mass is 9.82. The number of benzene rings is 4. The van der Waals surface area contributed by atoms with Gasteiger partial charge >= 0.3 is 0 Å². The van der Waals surface area contributed by atoms with Crippen LogP contribution in [0.1, 0.15) is 28.3 Å². The second kappa shape index (κ2) is 8.93. The molecule has 0 amide bonds. The van der Waals surface area contributed by atoms with E-state index in [1.165, 1.54) is 16.7 Å². The normalized spacial score (nSPS) is 14.9. The summed E-state index contributed by atoms with van der Waals surface area (Å²) in [6, 6.07) is 29.7. The minimum atomic E-state index is -1.84. The maximum Gasteiger partial charge on any atom is 0.125 e. The van der Waals surface area contributed by atoms with E-state index in [2.05, 4.69) is 116 Å². The first-order valence-corrected chi connectivity index (χ1v) is 15.7. The summed E-state index contributed by atoms with van der Waals surface area (Å²) in [7, 11) is -0.0964. The fourth-order valence-corrected chi connectivity index (χ4v) is 6.68. The highest BCUT2D eigenvalue weighted by Gasteiger charge is 2.39. The Kier molecular flexibility index (Phi) is 5.93. The van der Waals surface area contributed by atoms with Gasteiger partial charge in [-0.15, -0.1) is 0 Å². The van der Waals surface area contributed by atoms with Crippen molar-refractivity contribution in [2.75, 3.05) is 12.0 Å². The Balaban J connectivity index is 1.87. The third-order valence-corrected chi connectivity index (χ3v) is 8.95. The molecule has 1 atom stereocenters. The van der Waals surface area contributed by atoms with Gasteiger partial charge in [0, 0.05) is 28.9 Å². The minimum absolute atomic E-state index is 0.0989. The highest BCUT2D eigenvalue weighted by molar-refractivity contribution is 6.89. The number of rotatable bonds is 5. The number of methoxy groups -OCH3 is 1. The molecule has 1 unspecified atom stereocenters. The van der Waals surface area contributed by atoms with Crippen LogP contribution in [0.4, 0.5) is 5.69 Å². The van der Waals surface area contributed by atoms with Crippen LogP contribution in [0.5, 0.6) is 11.5 Å². The van der Waals surface area contributed by atoms with Gasteiger partial charge in [-0.2, -0.15) is 0 Å². The van der Waals surface area contributed by atoms with E-state index >= 15 is 0 Å². The molecule has 0 aromatic heterocycles. The number of fused-ring (bicyclic) bond motifs is 3. The van der Waals surface area contributed by atoms with Crippen LogP contribution >= 0.6 is 0 Å². The molecule has 1 aliphatic heterocycles. The van der Waals surface area contributed by atoms with E-state index < -0.39 is 8.07 Å². The van der Waals surface area contributed by atoms with Gasteiger partial charge in [0.05, 0.1) is 21.2 Å². The molecule has 0 aliphatic carbocycles. The molecule has 1 aliphatic rings. The molecular weight excluding hydrogens is 446 g/mol. The van der Waals surface area contributed by atoms with Gasteiger partial charge in [-0.1, -0.05) is 91.9 Å². The minimum Gasteiger partial charge on any atom is -0.507 e. The number of ether oxygens (including phenoxy) is 1. The van der Waals surface area contributed by atoms with Crippen LogP contribution in [0.3, 0.4) is 0 Å². The number of phenols is 1. The van der Waals surface area contributed by atoms with Gasteiger partial charge in [-0.25, -0.2) is 0 Å². The maximum atomic E-state index is 11.8. The summed E-state index contributed by atoms with van der Waals surface area (Å²) in [5, 5.41) is 12.9. The van der Waals surface area contributed by atoms with Crippen LogP contribution in [0.25, 0.3) is 11.1 Å². The zero-order chi connectivity index (χ0) is 24.7. The van der Waals surface area contributed by atoms with E-state index in [9.17, 15) is 5.11 Å². The summed E-state index contributed by atoms with van der Waals surface area (Å²) in [6.45, 7) is 9.66. The zero-order valence-corrected chi connectivity index (χ0v) is 22.2. The van der Waals surface area contributed by atoms with Crippen LogP contribution in [-0.4, -0.2) is 20.3 Å². The lowest BCUT2D eigenvalue weighted by Gasteiger charge is -2.42. The smallest absolute Gasteiger partial charge is 0.125 e. The third-order valence-electron chi connectivity index (χ3n) is 6.96. The van der Waals surface area contributed by atoms with Crippen molar-refractivity contribution in [3.8, 4) is 22.6 Å². The third kappa shape index (κ3) is 4.12. The molecule has 35 heavy (non-hydrogen) atoms. The first-order valence-electron chi connectivity index (χ1n) is 12.2. The zero-order valence-electron chi connectivity index (χ0n) is 21.2. The lowest BCUT2D eigenvalue weighted by Crippen LogP contribution is -2.40. The van der Waals surface area contributed by atoms with Gasteiger partial charge in [-0.05, 0) is 41.4 Å². The topological polar surface area (TPSA) is 32.7 Å². The number of hydrogen-bond donors (Lipinski definition) is 1. The number of hydrogen-bond acceptors (Lipinski definition) is 3. The second-order valence-corrected chi connectivity index (χ2v) is 15.5. The monoisotopic (exact) mass is 479 g/mol. The average molecular weight is 480 g/mol. The van der Waals surface area contributed by atoms with Crippen molar-refractivity contribution < 1.29 is 9.84 Å². The van der Waals surface area contributed by atoms with Crippen molar-refractivity contribution in [2.24, 2.45) is 0 Å². The van der Waals surface area contributed by atoms with Gasteiger partial charge in [0.15, 0.2) is 0 Å². The van der Waals surface area contributed by atoms with Crippen LogP contribution in [0, 0.1) is 6.92 Å². The Labute approximate surface area is 209 Å². The fraction of sp³-hybridized carbons (Fsp3) is 0.226. The standard InChI is InChI=1S/C31H33NO2Si/c1-21-16-17-25-24(18-21)28-29(26(34-2)19-27(31(28)33)35(3,4)5)30(23-14-10-7-11-15-23)32(25)20-22-12-8-6-9-13-22/h6-19,30,33H,20H2,1-5H3. The molecule has 5 rings (SSSR count). The molecule has 4 aromatic rings. The predicted molar refractivity (Wildman–Crippen MR) is 149 cm³/mol. The largest absolute Gasteiger partial charge is 0.507 e. The molecule has 1 N–H and O–H groups in total. The van der Waals surface area contributed by atoms with Crippen LogP contribution in [-0.2, 0) is 6.54 Å². The van der Waals surface area contributed by atoms with Crippen molar-refractivity contribution in [2.45, 2.75) is 39.2 Å². The van der Waals surface area contributed by atoms with Crippen molar-refractivity contribution >= 4 is 18.9 Å². The van der Waals surface area contributed by atoms with Crippen LogP contribution in [0.15, 0.2) is 84.9 Å². The van der Waals surface area contributed by atoms with E-state index in [4.69, 9.17) is 4.74 Å². The highest BCUT2D eigenvalue weighted by Crippen LogP contribution is 2.54. The molecule has 0 spiro atoms. The average Bonchev–Trinajstić information content (AvgIpc) is 2.84. The number of aromatic hydroxyl groups is 1. The Bertz CT molecular complexity index is 1360. The molecule has 178 valence electrons. The van der Waals surface area contributed by atoms with Gasteiger partial charge in [-0.3, -0.25) is 0 Å². The summed E-state index contributed by atoms with van der Waals surface area (Å²) >= 11 is 0. The van der Waals surface area contributed by atoms with E-state index in [-0.39, 0.29) is 6.04 Å². The van der Waals surface area contributed by atoms with Gasteiger partial charge in [0.25, 0.3) is 0 Å². The summed E-state index contributed by atoms with van der Waals surface area (Å²) in [6.07, 6.45) is 0. The summed E-state index contributed by atoms with van der Waals surface area (Å²) in [5.41, 5.74) is 7.74. The Hall–Kier alpha value is -3.50. The van der Waals surface area contributed by atoms with Crippen molar-refractivity contribution in [3.05, 3.63) is 107 Å². The van der Waals surface area contributed by atoms with Crippen molar-refractivity contribution in [3.63, 3.8) is 0 Å². The van der Waals surface area contributed by atoms with E-state index in [0.717, 1.165) is 39.9 Å². The number of anilines is 1. The van der Waals surface area contributed by atoms with Crippen molar-refractivity contribution in [1.29, 1.82) is 0 Å². The van der Waals surface area contributed by atoms with E-state index in [1.54, 1.807) is 7.11 Å².